The van der Waals surface area contributed by atoms with Crippen molar-refractivity contribution in [1.29, 1.82) is 0 Å². The van der Waals surface area contributed by atoms with Gasteiger partial charge in [-0.3, -0.25) is 0 Å². The molecule has 0 bridgehead atoms. The first-order chi connectivity index (χ1) is 9.11. The first-order valence-corrected chi connectivity index (χ1v) is 6.05. The highest BCUT2D eigenvalue weighted by atomic mass is 127. The topological polar surface area (TPSA) is 68.9 Å². The van der Waals surface area contributed by atoms with Crippen LogP contribution in [0.2, 0.25) is 0 Å². The van der Waals surface area contributed by atoms with Gasteiger partial charge in [-0.1, -0.05) is 6.07 Å². The molecule has 1 atom stereocenters. The minimum atomic E-state index is -0.324. The number of methoxy groups -OCH3 is 1. The summed E-state index contributed by atoms with van der Waals surface area (Å²) >= 11 is 0. The summed E-state index contributed by atoms with van der Waals surface area (Å²) in [5.74, 6) is 0.498. The fourth-order valence-electron chi connectivity index (χ4n) is 1.48. The van der Waals surface area contributed by atoms with Crippen LogP contribution in [0.3, 0.4) is 0 Å². The summed E-state index contributed by atoms with van der Waals surface area (Å²) in [6, 6.07) is 6.07. The summed E-state index contributed by atoms with van der Waals surface area (Å²) in [7, 11) is 1.62. The third-order valence-electron chi connectivity index (χ3n) is 2.25. The van der Waals surface area contributed by atoms with Gasteiger partial charge in [0.1, 0.15) is 18.2 Å². The lowest BCUT2D eigenvalue weighted by molar-refractivity contribution is 0.179. The maximum absolute atomic E-state index is 12.9. The van der Waals surface area contributed by atoms with Crippen molar-refractivity contribution in [1.82, 2.24) is 5.32 Å². The first kappa shape index (κ1) is 18.9. The molecule has 0 aliphatic carbocycles. The van der Waals surface area contributed by atoms with E-state index >= 15 is 0 Å². The lowest BCUT2D eigenvalue weighted by Gasteiger charge is -2.13. The van der Waals surface area contributed by atoms with Crippen LogP contribution in [0.5, 0.6) is 5.75 Å². The Bertz CT molecular complexity index is 418. The molecule has 1 rings (SSSR count). The summed E-state index contributed by atoms with van der Waals surface area (Å²) in [5, 5.41) is 2.98. The van der Waals surface area contributed by atoms with Crippen molar-refractivity contribution in [2.75, 3.05) is 26.9 Å². The minimum Gasteiger partial charge on any atom is -0.492 e. The van der Waals surface area contributed by atoms with Crippen molar-refractivity contribution < 1.29 is 13.9 Å². The SMILES string of the molecule is COCC(C)NC(N)=NCCOc1cccc(F)c1.I. The molecular weight excluding hydrogens is 376 g/mol. The van der Waals surface area contributed by atoms with Crippen molar-refractivity contribution in [2.24, 2.45) is 10.7 Å². The molecule has 0 heterocycles. The molecule has 5 nitrogen and oxygen atoms in total. The summed E-state index contributed by atoms with van der Waals surface area (Å²) < 4.78 is 23.2. The van der Waals surface area contributed by atoms with Crippen LogP contribution < -0.4 is 15.8 Å². The highest BCUT2D eigenvalue weighted by Gasteiger charge is 2.01. The van der Waals surface area contributed by atoms with Gasteiger partial charge in [-0.05, 0) is 19.1 Å². The van der Waals surface area contributed by atoms with E-state index < -0.39 is 0 Å². The smallest absolute Gasteiger partial charge is 0.188 e. The van der Waals surface area contributed by atoms with Crippen LogP contribution in [0.15, 0.2) is 29.3 Å². The third kappa shape index (κ3) is 8.16. The summed E-state index contributed by atoms with van der Waals surface area (Å²) in [6.45, 7) is 3.23. The van der Waals surface area contributed by atoms with E-state index in [0.29, 0.717) is 31.5 Å². The van der Waals surface area contributed by atoms with Gasteiger partial charge in [-0.2, -0.15) is 0 Å². The molecule has 0 aliphatic rings. The van der Waals surface area contributed by atoms with Crippen LogP contribution in [-0.4, -0.2) is 38.9 Å². The maximum atomic E-state index is 12.9. The molecule has 0 fully saturated rings. The average molecular weight is 397 g/mol. The number of aliphatic imine (C=N–C) groups is 1. The minimum absolute atomic E-state index is 0. The fourth-order valence-corrected chi connectivity index (χ4v) is 1.48. The van der Waals surface area contributed by atoms with E-state index in [4.69, 9.17) is 15.2 Å². The highest BCUT2D eigenvalue weighted by Crippen LogP contribution is 2.11. The molecule has 1 aromatic rings. The number of benzene rings is 1. The molecule has 114 valence electrons. The number of nitrogens with zero attached hydrogens (tertiary/aromatic N) is 1. The van der Waals surface area contributed by atoms with E-state index in [-0.39, 0.29) is 35.8 Å². The quantitative estimate of drug-likeness (QED) is 0.319. The zero-order valence-corrected chi connectivity index (χ0v) is 14.0. The molecule has 0 saturated heterocycles. The van der Waals surface area contributed by atoms with Crippen LogP contribution in [-0.2, 0) is 4.74 Å². The van der Waals surface area contributed by atoms with Gasteiger partial charge in [-0.15, -0.1) is 24.0 Å². The number of nitrogens with two attached hydrogens (primary N) is 1. The van der Waals surface area contributed by atoms with Crippen LogP contribution in [0.25, 0.3) is 0 Å². The molecule has 7 heteroatoms. The Morgan fingerprint density at radius 3 is 2.90 bits per heavy atom. The molecule has 0 aromatic heterocycles. The lowest BCUT2D eigenvalue weighted by atomic mass is 10.3. The second kappa shape index (κ2) is 10.7. The summed E-state index contributed by atoms with van der Waals surface area (Å²) in [6.07, 6.45) is 0. The van der Waals surface area contributed by atoms with Gasteiger partial charge in [0, 0.05) is 19.2 Å². The summed E-state index contributed by atoms with van der Waals surface area (Å²) in [5.41, 5.74) is 5.68. The van der Waals surface area contributed by atoms with E-state index in [1.807, 2.05) is 6.92 Å². The zero-order valence-electron chi connectivity index (χ0n) is 11.6. The lowest BCUT2D eigenvalue weighted by Crippen LogP contribution is -2.40. The second-order valence-electron chi connectivity index (χ2n) is 4.07. The molecule has 20 heavy (non-hydrogen) atoms. The second-order valence-corrected chi connectivity index (χ2v) is 4.07. The first-order valence-electron chi connectivity index (χ1n) is 6.05. The predicted octanol–water partition coefficient (Wildman–Crippen LogP) is 1.76. The fraction of sp³-hybridized carbons (Fsp3) is 0.462. The predicted molar refractivity (Wildman–Crippen MR) is 88.3 cm³/mol. The van der Waals surface area contributed by atoms with E-state index in [9.17, 15) is 4.39 Å². The van der Waals surface area contributed by atoms with Gasteiger partial charge in [-0.25, -0.2) is 9.38 Å². The molecule has 0 aliphatic heterocycles. The number of guanidine groups is 1. The number of halogens is 2. The number of hydrogen-bond acceptors (Lipinski definition) is 3. The van der Waals surface area contributed by atoms with Gasteiger partial charge in [0.15, 0.2) is 5.96 Å². The monoisotopic (exact) mass is 397 g/mol. The van der Waals surface area contributed by atoms with E-state index in [0.717, 1.165) is 0 Å². The molecular formula is C13H21FIN3O2. The Hall–Kier alpha value is -1.09. The standard InChI is InChI=1S/C13H20FN3O2.HI/c1-10(9-18-2)17-13(15)16-6-7-19-12-5-3-4-11(14)8-12;/h3-5,8,10H,6-7,9H2,1-2H3,(H3,15,16,17);1H. The van der Waals surface area contributed by atoms with Crippen LogP contribution in [0.1, 0.15) is 6.92 Å². The molecule has 1 unspecified atom stereocenters. The van der Waals surface area contributed by atoms with E-state index in [2.05, 4.69) is 10.3 Å². The van der Waals surface area contributed by atoms with Crippen LogP contribution in [0, 0.1) is 5.82 Å². The van der Waals surface area contributed by atoms with Crippen molar-refractivity contribution in [3.8, 4) is 5.75 Å². The van der Waals surface area contributed by atoms with Gasteiger partial charge in [0.2, 0.25) is 0 Å². The van der Waals surface area contributed by atoms with Crippen molar-refractivity contribution >= 4 is 29.9 Å². The Morgan fingerprint density at radius 2 is 2.25 bits per heavy atom. The third-order valence-corrected chi connectivity index (χ3v) is 2.25. The molecule has 0 radical (unpaired) electrons. The van der Waals surface area contributed by atoms with Crippen molar-refractivity contribution in [2.45, 2.75) is 13.0 Å². The zero-order chi connectivity index (χ0) is 14.1. The van der Waals surface area contributed by atoms with Gasteiger partial charge < -0.3 is 20.5 Å². The van der Waals surface area contributed by atoms with E-state index in [1.54, 1.807) is 19.2 Å². The number of rotatable bonds is 7. The highest BCUT2D eigenvalue weighted by molar-refractivity contribution is 14.0. The van der Waals surface area contributed by atoms with Crippen LogP contribution >= 0.6 is 24.0 Å². The van der Waals surface area contributed by atoms with Gasteiger partial charge in [0.25, 0.3) is 0 Å². The number of hydrogen-bond donors (Lipinski definition) is 2. The molecule has 1 aromatic carbocycles. The Morgan fingerprint density at radius 1 is 1.50 bits per heavy atom. The molecule has 0 spiro atoms. The number of ether oxygens (including phenoxy) is 2. The van der Waals surface area contributed by atoms with Crippen molar-refractivity contribution in [3.05, 3.63) is 30.1 Å². The molecule has 0 saturated carbocycles. The normalized spacial score (nSPS) is 12.4. The Balaban J connectivity index is 0.00000361. The summed E-state index contributed by atoms with van der Waals surface area (Å²) in [4.78, 5) is 4.09. The van der Waals surface area contributed by atoms with E-state index in [1.165, 1.54) is 12.1 Å². The Kier molecular flexibility index (Phi) is 10.1. The van der Waals surface area contributed by atoms with Crippen LogP contribution in [0.4, 0.5) is 4.39 Å². The average Bonchev–Trinajstić information content (AvgIpc) is 2.35. The largest absolute Gasteiger partial charge is 0.492 e. The van der Waals surface area contributed by atoms with Crippen molar-refractivity contribution in [3.63, 3.8) is 0 Å². The maximum Gasteiger partial charge on any atom is 0.188 e. The molecule has 0 amide bonds. The van der Waals surface area contributed by atoms with Gasteiger partial charge in [0.05, 0.1) is 13.2 Å². The number of nitrogens with one attached hydrogen (secondary N) is 1. The van der Waals surface area contributed by atoms with Gasteiger partial charge >= 0.3 is 0 Å². The molecule has 3 N–H and O–H groups in total. The Labute approximate surface area is 135 Å².